The Morgan fingerprint density at radius 2 is 1.84 bits per heavy atom. The van der Waals surface area contributed by atoms with Gasteiger partial charge in [-0.15, -0.1) is 0 Å². The second kappa shape index (κ2) is 9.15. The van der Waals surface area contributed by atoms with Gasteiger partial charge >= 0.3 is 0 Å². The van der Waals surface area contributed by atoms with Crippen LogP contribution in [-0.2, 0) is 5.54 Å². The van der Waals surface area contributed by atoms with E-state index in [2.05, 4.69) is 20.7 Å². The standard InChI is InChI=1S/C22H29N5O3S/c1-13(2)11-15(12-28)23-20(30)16-17-18(27(26-16)22(3,4)5)24-21(31-17)25-19(29)14-9-7-6-8-10-14/h6-10,13,15,28H,11-12H2,1-5H3,(H,23,30)(H,24,25,29)/t15-/m1/s1. The maximum atomic E-state index is 13.0. The van der Waals surface area contributed by atoms with Crippen LogP contribution in [0.25, 0.3) is 10.3 Å². The highest BCUT2D eigenvalue weighted by Crippen LogP contribution is 2.32. The average molecular weight is 444 g/mol. The Labute approximate surface area is 185 Å². The van der Waals surface area contributed by atoms with E-state index in [1.165, 1.54) is 11.3 Å². The molecule has 166 valence electrons. The Kier molecular flexibility index (Phi) is 6.76. The zero-order valence-corrected chi connectivity index (χ0v) is 19.3. The first-order valence-electron chi connectivity index (χ1n) is 10.3. The van der Waals surface area contributed by atoms with Crippen molar-refractivity contribution in [2.45, 2.75) is 52.6 Å². The van der Waals surface area contributed by atoms with Gasteiger partial charge in [-0.05, 0) is 45.2 Å². The number of hydrogen-bond acceptors (Lipinski definition) is 6. The molecule has 2 amide bonds. The highest BCUT2D eigenvalue weighted by atomic mass is 32.1. The van der Waals surface area contributed by atoms with Crippen molar-refractivity contribution in [2.24, 2.45) is 5.92 Å². The van der Waals surface area contributed by atoms with Gasteiger partial charge in [-0.2, -0.15) is 10.1 Å². The zero-order chi connectivity index (χ0) is 22.8. The predicted octanol–water partition coefficient (Wildman–Crippen LogP) is 3.64. The Morgan fingerprint density at radius 1 is 1.16 bits per heavy atom. The Hall–Kier alpha value is -2.78. The van der Waals surface area contributed by atoms with Crippen molar-refractivity contribution in [3.63, 3.8) is 0 Å². The van der Waals surface area contributed by atoms with Crippen LogP contribution < -0.4 is 10.6 Å². The van der Waals surface area contributed by atoms with Crippen LogP contribution in [0.2, 0.25) is 0 Å². The van der Waals surface area contributed by atoms with E-state index >= 15 is 0 Å². The van der Waals surface area contributed by atoms with Crippen molar-refractivity contribution in [3.05, 3.63) is 41.6 Å². The summed E-state index contributed by atoms with van der Waals surface area (Å²) >= 11 is 1.21. The molecule has 0 saturated carbocycles. The lowest BCUT2D eigenvalue weighted by Crippen LogP contribution is -2.38. The molecule has 0 spiro atoms. The molecule has 0 aliphatic carbocycles. The van der Waals surface area contributed by atoms with E-state index in [1.807, 2.05) is 40.7 Å². The fourth-order valence-corrected chi connectivity index (χ4v) is 4.16. The summed E-state index contributed by atoms with van der Waals surface area (Å²) in [6.45, 7) is 9.83. The minimum absolute atomic E-state index is 0.145. The summed E-state index contributed by atoms with van der Waals surface area (Å²) in [5.41, 5.74) is 0.886. The number of carbonyl (C=O) groups excluding carboxylic acids is 2. The van der Waals surface area contributed by atoms with Crippen molar-refractivity contribution >= 4 is 38.6 Å². The van der Waals surface area contributed by atoms with Gasteiger partial charge in [0.2, 0.25) is 0 Å². The van der Waals surface area contributed by atoms with Crippen LogP contribution in [0.15, 0.2) is 30.3 Å². The van der Waals surface area contributed by atoms with Gasteiger partial charge in [-0.3, -0.25) is 14.9 Å². The van der Waals surface area contributed by atoms with E-state index in [0.29, 0.717) is 33.4 Å². The van der Waals surface area contributed by atoms with E-state index in [4.69, 9.17) is 0 Å². The van der Waals surface area contributed by atoms with E-state index in [1.54, 1.807) is 28.9 Å². The minimum Gasteiger partial charge on any atom is -0.394 e. The number of amides is 2. The topological polar surface area (TPSA) is 109 Å². The van der Waals surface area contributed by atoms with Gasteiger partial charge in [0.25, 0.3) is 11.8 Å². The molecular weight excluding hydrogens is 414 g/mol. The number of hydrogen-bond donors (Lipinski definition) is 3. The molecule has 3 N–H and O–H groups in total. The summed E-state index contributed by atoms with van der Waals surface area (Å²) in [7, 11) is 0. The smallest absolute Gasteiger partial charge is 0.273 e. The number of rotatable bonds is 7. The molecule has 0 fully saturated rings. The number of thiazole rings is 1. The normalized spacial score (nSPS) is 12.9. The highest BCUT2D eigenvalue weighted by Gasteiger charge is 2.28. The fourth-order valence-electron chi connectivity index (χ4n) is 3.23. The predicted molar refractivity (Wildman–Crippen MR) is 123 cm³/mol. The van der Waals surface area contributed by atoms with Crippen LogP contribution in [-0.4, -0.2) is 44.3 Å². The fraction of sp³-hybridized carbons (Fsp3) is 0.455. The van der Waals surface area contributed by atoms with Crippen molar-refractivity contribution in [1.29, 1.82) is 0 Å². The number of fused-ring (bicyclic) bond motifs is 1. The lowest BCUT2D eigenvalue weighted by molar-refractivity contribution is 0.0903. The number of anilines is 1. The molecule has 0 aliphatic rings. The number of carbonyl (C=O) groups is 2. The van der Waals surface area contributed by atoms with Crippen molar-refractivity contribution in [3.8, 4) is 0 Å². The van der Waals surface area contributed by atoms with E-state index < -0.39 is 5.54 Å². The summed E-state index contributed by atoms with van der Waals surface area (Å²) in [6, 6.07) is 8.53. The van der Waals surface area contributed by atoms with E-state index in [9.17, 15) is 14.7 Å². The van der Waals surface area contributed by atoms with Crippen LogP contribution in [0.5, 0.6) is 0 Å². The molecule has 31 heavy (non-hydrogen) atoms. The first-order chi connectivity index (χ1) is 14.6. The molecule has 8 nitrogen and oxygen atoms in total. The second-order valence-corrected chi connectivity index (χ2v) is 9.90. The largest absolute Gasteiger partial charge is 0.394 e. The summed E-state index contributed by atoms with van der Waals surface area (Å²) in [5.74, 6) is -0.305. The minimum atomic E-state index is -0.417. The summed E-state index contributed by atoms with van der Waals surface area (Å²) < 4.78 is 2.29. The molecule has 3 aromatic rings. The van der Waals surface area contributed by atoms with E-state index in [-0.39, 0.29) is 30.2 Å². The lowest BCUT2D eigenvalue weighted by atomic mass is 10.0. The quantitative estimate of drug-likeness (QED) is 0.517. The van der Waals surface area contributed by atoms with Gasteiger partial charge in [0.1, 0.15) is 4.70 Å². The van der Waals surface area contributed by atoms with Gasteiger partial charge in [0, 0.05) is 5.56 Å². The highest BCUT2D eigenvalue weighted by molar-refractivity contribution is 7.22. The molecule has 0 saturated heterocycles. The Balaban J connectivity index is 1.94. The van der Waals surface area contributed by atoms with Gasteiger partial charge in [-0.1, -0.05) is 43.4 Å². The van der Waals surface area contributed by atoms with E-state index in [0.717, 1.165) is 0 Å². The second-order valence-electron chi connectivity index (χ2n) is 8.91. The number of benzene rings is 1. The van der Waals surface area contributed by atoms with Crippen LogP contribution in [0.1, 0.15) is 61.9 Å². The first-order valence-corrected chi connectivity index (χ1v) is 11.1. The summed E-state index contributed by atoms with van der Waals surface area (Å²) in [5, 5.41) is 20.2. The molecular formula is C22H29N5O3S. The van der Waals surface area contributed by atoms with Crippen LogP contribution >= 0.6 is 11.3 Å². The molecule has 1 atom stereocenters. The number of aliphatic hydroxyl groups excluding tert-OH is 1. The molecule has 2 aromatic heterocycles. The van der Waals surface area contributed by atoms with Crippen LogP contribution in [0.3, 0.4) is 0 Å². The third-order valence-electron chi connectivity index (χ3n) is 4.64. The maximum absolute atomic E-state index is 13.0. The molecule has 1 aromatic carbocycles. The first kappa shape index (κ1) is 22.9. The van der Waals surface area contributed by atoms with Gasteiger partial charge < -0.3 is 10.4 Å². The Morgan fingerprint density at radius 3 is 2.42 bits per heavy atom. The SMILES string of the molecule is CC(C)C[C@H](CO)NC(=O)c1nn(C(C)(C)C)c2nc(NC(=O)c3ccccc3)sc12. The van der Waals surface area contributed by atoms with Gasteiger partial charge in [0.15, 0.2) is 16.5 Å². The zero-order valence-electron chi connectivity index (χ0n) is 18.5. The monoisotopic (exact) mass is 443 g/mol. The molecule has 3 rings (SSSR count). The van der Waals surface area contributed by atoms with Gasteiger partial charge in [0.05, 0.1) is 18.2 Å². The third-order valence-corrected chi connectivity index (χ3v) is 5.61. The lowest BCUT2D eigenvalue weighted by Gasteiger charge is -2.19. The van der Waals surface area contributed by atoms with Gasteiger partial charge in [-0.25, -0.2) is 4.68 Å². The number of aromatic nitrogens is 3. The molecule has 0 bridgehead atoms. The number of aliphatic hydroxyl groups is 1. The number of nitrogens with zero attached hydrogens (tertiary/aromatic N) is 3. The molecule has 0 radical (unpaired) electrons. The van der Waals surface area contributed by atoms with Crippen LogP contribution in [0.4, 0.5) is 5.13 Å². The van der Waals surface area contributed by atoms with Crippen molar-refractivity contribution < 1.29 is 14.7 Å². The van der Waals surface area contributed by atoms with Crippen molar-refractivity contribution in [1.82, 2.24) is 20.1 Å². The van der Waals surface area contributed by atoms with Crippen molar-refractivity contribution in [2.75, 3.05) is 11.9 Å². The van der Waals surface area contributed by atoms with Crippen LogP contribution in [0, 0.1) is 5.92 Å². The molecule has 0 aliphatic heterocycles. The molecule has 9 heteroatoms. The third kappa shape index (κ3) is 5.29. The molecule has 0 unspecified atom stereocenters. The average Bonchev–Trinajstić information content (AvgIpc) is 3.25. The molecule has 2 heterocycles. The maximum Gasteiger partial charge on any atom is 0.273 e. The summed E-state index contributed by atoms with van der Waals surface area (Å²) in [4.78, 5) is 30.1. The number of nitrogens with one attached hydrogen (secondary N) is 2. The summed E-state index contributed by atoms with van der Waals surface area (Å²) in [6.07, 6.45) is 0.659. The Bertz CT molecular complexity index is 1070.